The first kappa shape index (κ1) is 25.9. The maximum Gasteiger partial charge on any atom is 0.408 e. The van der Waals surface area contributed by atoms with E-state index in [0.29, 0.717) is 0 Å². The molecular weight excluding hydrogens is 476 g/mol. The minimum Gasteiger partial charge on any atom is -0.444 e. The van der Waals surface area contributed by atoms with E-state index in [1.54, 1.807) is 6.20 Å². The first-order valence-corrected chi connectivity index (χ1v) is 13.3. The van der Waals surface area contributed by atoms with Crippen molar-refractivity contribution in [1.29, 1.82) is 0 Å². The van der Waals surface area contributed by atoms with E-state index in [-0.39, 0.29) is 6.23 Å². The summed E-state index contributed by atoms with van der Waals surface area (Å²) < 4.78 is 13.4. The van der Waals surface area contributed by atoms with Gasteiger partial charge in [0.2, 0.25) is 0 Å². The zero-order chi connectivity index (χ0) is 26.9. The molecule has 2 aromatic heterocycles. The van der Waals surface area contributed by atoms with Crippen molar-refractivity contribution in [2.45, 2.75) is 71.2 Å². The number of ether oxygens (including phenoxy) is 2. The van der Waals surface area contributed by atoms with E-state index in [0.717, 1.165) is 64.6 Å². The Morgan fingerprint density at radius 2 is 1.82 bits per heavy atom. The summed E-state index contributed by atoms with van der Waals surface area (Å²) in [6.45, 7) is 10.3. The van der Waals surface area contributed by atoms with Crippen LogP contribution in [-0.2, 0) is 15.0 Å². The molecule has 1 aliphatic rings. The molecule has 1 saturated heterocycles. The molecule has 1 atom stereocenters. The third-order valence-electron chi connectivity index (χ3n) is 6.84. The van der Waals surface area contributed by atoms with Gasteiger partial charge in [0.15, 0.2) is 0 Å². The Morgan fingerprint density at radius 1 is 1.03 bits per heavy atom. The highest BCUT2D eigenvalue weighted by Crippen LogP contribution is 2.39. The minimum atomic E-state index is -0.599. The molecule has 0 aliphatic carbocycles. The molecule has 3 heterocycles. The van der Waals surface area contributed by atoms with E-state index in [4.69, 9.17) is 14.6 Å². The van der Waals surface area contributed by atoms with Crippen LogP contribution in [0.15, 0.2) is 67.1 Å². The van der Waals surface area contributed by atoms with Crippen LogP contribution in [0.5, 0.6) is 0 Å². The molecule has 198 valence electrons. The predicted molar refractivity (Wildman–Crippen MR) is 150 cm³/mol. The second-order valence-electron chi connectivity index (χ2n) is 11.4. The van der Waals surface area contributed by atoms with Crippen LogP contribution < -0.4 is 5.32 Å². The highest BCUT2D eigenvalue weighted by atomic mass is 16.6. The average Bonchev–Trinajstić information content (AvgIpc) is 3.32. The number of aromatic nitrogens is 3. The predicted octanol–water partition coefficient (Wildman–Crippen LogP) is 7.22. The summed E-state index contributed by atoms with van der Waals surface area (Å²) in [5.41, 5.74) is 5.06. The maximum absolute atomic E-state index is 12.4. The van der Waals surface area contributed by atoms with Crippen molar-refractivity contribution in [3.8, 4) is 22.3 Å². The van der Waals surface area contributed by atoms with Gasteiger partial charge < -0.3 is 14.8 Å². The molecule has 0 radical (unpaired) electrons. The monoisotopic (exact) mass is 512 g/mol. The van der Waals surface area contributed by atoms with Crippen LogP contribution in [0.4, 0.5) is 4.79 Å². The van der Waals surface area contributed by atoms with Crippen LogP contribution in [0.3, 0.4) is 0 Å². The molecule has 1 N–H and O–H groups in total. The molecule has 7 heteroatoms. The number of hydrogen-bond acceptors (Lipinski definition) is 5. The molecule has 1 fully saturated rings. The summed E-state index contributed by atoms with van der Waals surface area (Å²) in [7, 11) is 0. The van der Waals surface area contributed by atoms with Gasteiger partial charge in [0.1, 0.15) is 11.8 Å². The molecule has 0 spiro atoms. The van der Waals surface area contributed by atoms with E-state index < -0.39 is 17.2 Å². The van der Waals surface area contributed by atoms with E-state index in [1.165, 1.54) is 0 Å². The van der Waals surface area contributed by atoms with Gasteiger partial charge in [-0.2, -0.15) is 5.10 Å². The maximum atomic E-state index is 12.4. The van der Waals surface area contributed by atoms with Gasteiger partial charge in [-0.3, -0.25) is 4.98 Å². The molecular formula is C31H36N4O3. The van der Waals surface area contributed by atoms with Gasteiger partial charge in [0.05, 0.1) is 11.1 Å². The minimum absolute atomic E-state index is 0.0275. The van der Waals surface area contributed by atoms with E-state index in [1.807, 2.05) is 51.6 Å². The van der Waals surface area contributed by atoms with Gasteiger partial charge in [0, 0.05) is 41.7 Å². The van der Waals surface area contributed by atoms with Crippen molar-refractivity contribution in [3.63, 3.8) is 0 Å². The number of pyridine rings is 1. The molecule has 4 aromatic rings. The quantitative estimate of drug-likeness (QED) is 0.305. The summed E-state index contributed by atoms with van der Waals surface area (Å²) in [6.07, 6.45) is 8.55. The lowest BCUT2D eigenvalue weighted by molar-refractivity contribution is -0.0390. The fraction of sp³-hybridized carbons (Fsp3) is 0.387. The van der Waals surface area contributed by atoms with Crippen molar-refractivity contribution in [2.24, 2.45) is 0 Å². The van der Waals surface area contributed by atoms with Crippen molar-refractivity contribution in [3.05, 3.63) is 72.7 Å². The van der Waals surface area contributed by atoms with Crippen LogP contribution in [0.2, 0.25) is 0 Å². The van der Waals surface area contributed by atoms with Crippen LogP contribution in [0, 0.1) is 0 Å². The molecule has 7 nitrogen and oxygen atoms in total. The molecule has 1 amide bonds. The molecule has 0 bridgehead atoms. The van der Waals surface area contributed by atoms with Crippen LogP contribution in [0.1, 0.15) is 65.7 Å². The summed E-state index contributed by atoms with van der Waals surface area (Å²) in [5, 5.41) is 8.94. The number of benzene rings is 2. The van der Waals surface area contributed by atoms with Gasteiger partial charge in [-0.25, -0.2) is 9.48 Å². The molecule has 1 aliphatic heterocycles. The summed E-state index contributed by atoms with van der Waals surface area (Å²) in [4.78, 5) is 16.8. The second-order valence-corrected chi connectivity index (χ2v) is 11.4. The molecule has 5 rings (SSSR count). The highest BCUT2D eigenvalue weighted by Gasteiger charge is 2.27. The van der Waals surface area contributed by atoms with Gasteiger partial charge in [-0.05, 0) is 82.7 Å². The Morgan fingerprint density at radius 3 is 2.47 bits per heavy atom. The highest BCUT2D eigenvalue weighted by molar-refractivity contribution is 6.02. The number of nitrogens with one attached hydrogen (secondary N) is 1. The van der Waals surface area contributed by atoms with Crippen LogP contribution in [-0.4, -0.2) is 33.1 Å². The van der Waals surface area contributed by atoms with Crippen LogP contribution in [0.25, 0.3) is 33.2 Å². The third-order valence-corrected chi connectivity index (χ3v) is 6.84. The van der Waals surface area contributed by atoms with Gasteiger partial charge >= 0.3 is 6.09 Å². The lowest BCUT2D eigenvalue weighted by atomic mass is 9.89. The van der Waals surface area contributed by atoms with Crippen molar-refractivity contribution in [2.75, 3.05) is 6.61 Å². The number of fused-ring (bicyclic) bond motifs is 1. The molecule has 1 unspecified atom stereocenters. The Labute approximate surface area is 224 Å². The zero-order valence-corrected chi connectivity index (χ0v) is 22.8. The Balaban J connectivity index is 1.51. The van der Waals surface area contributed by atoms with Crippen LogP contribution >= 0.6 is 0 Å². The average molecular weight is 513 g/mol. The first-order valence-electron chi connectivity index (χ1n) is 13.3. The lowest BCUT2D eigenvalue weighted by Gasteiger charge is -2.29. The Bertz CT molecular complexity index is 1410. The smallest absolute Gasteiger partial charge is 0.408 e. The number of amides is 1. The zero-order valence-electron chi connectivity index (χ0n) is 22.8. The summed E-state index contributed by atoms with van der Waals surface area (Å²) in [6, 6.07) is 16.6. The fourth-order valence-corrected chi connectivity index (χ4v) is 4.95. The SMILES string of the molecule is CC(C)(C)OC(=O)NC(C)(C)c1ccc(-c2ccc3nn(C4CCCCO4)cc3c2-c2cccnc2)cc1. The number of nitrogens with zero attached hydrogens (tertiary/aromatic N) is 3. The standard InChI is InChI=1S/C31H36N4O3/c1-30(2,3)38-29(36)33-31(4,5)23-13-11-21(12-14-23)24-15-16-26-25(28(24)22-9-8-17-32-19-22)20-35(34-26)27-10-6-7-18-37-27/h8-9,11-17,19-20,27H,6-7,10,18H2,1-5H3,(H,33,36). The topological polar surface area (TPSA) is 78.3 Å². The molecule has 38 heavy (non-hydrogen) atoms. The number of alkyl carbamates (subject to hydrolysis) is 1. The van der Waals surface area contributed by atoms with Crippen molar-refractivity contribution >= 4 is 17.0 Å². The second kappa shape index (κ2) is 10.2. The largest absolute Gasteiger partial charge is 0.444 e. The lowest BCUT2D eigenvalue weighted by Crippen LogP contribution is -2.43. The van der Waals surface area contributed by atoms with E-state index in [9.17, 15) is 4.79 Å². The van der Waals surface area contributed by atoms with E-state index >= 15 is 0 Å². The fourth-order valence-electron chi connectivity index (χ4n) is 4.95. The molecule has 0 saturated carbocycles. The molecule has 2 aromatic carbocycles. The third kappa shape index (κ3) is 5.58. The van der Waals surface area contributed by atoms with Gasteiger partial charge in [0.25, 0.3) is 0 Å². The number of hydrogen-bond donors (Lipinski definition) is 1. The first-order chi connectivity index (χ1) is 18.1. The van der Waals surface area contributed by atoms with Crippen molar-refractivity contribution in [1.82, 2.24) is 20.1 Å². The van der Waals surface area contributed by atoms with Gasteiger partial charge in [-0.15, -0.1) is 0 Å². The van der Waals surface area contributed by atoms with Crippen molar-refractivity contribution < 1.29 is 14.3 Å². The van der Waals surface area contributed by atoms with E-state index in [2.05, 4.69) is 59.0 Å². The number of carbonyl (C=O) groups excluding carboxylic acids is 1. The normalized spacial score (nSPS) is 16.4. The number of rotatable bonds is 5. The Kier molecular flexibility index (Phi) is 6.97. The summed E-state index contributed by atoms with van der Waals surface area (Å²) in [5.74, 6) is 0. The Hall–Kier alpha value is -3.71. The number of carbonyl (C=O) groups is 1. The van der Waals surface area contributed by atoms with Gasteiger partial charge in [-0.1, -0.05) is 36.4 Å². The summed E-state index contributed by atoms with van der Waals surface area (Å²) >= 11 is 0.